The van der Waals surface area contributed by atoms with Gasteiger partial charge in [-0.1, -0.05) is 18.2 Å². The Morgan fingerprint density at radius 1 is 1.24 bits per heavy atom. The summed E-state index contributed by atoms with van der Waals surface area (Å²) in [5.41, 5.74) is 3.09. The van der Waals surface area contributed by atoms with Gasteiger partial charge < -0.3 is 19.8 Å². The second kappa shape index (κ2) is 11.2. The Labute approximate surface area is 192 Å². The molecule has 0 saturated carbocycles. The van der Waals surface area contributed by atoms with E-state index in [2.05, 4.69) is 45.7 Å². The van der Waals surface area contributed by atoms with Gasteiger partial charge in [0.05, 0.1) is 23.2 Å². The molecule has 1 aromatic carbocycles. The van der Waals surface area contributed by atoms with E-state index in [9.17, 15) is 0 Å². The minimum atomic E-state index is 0. The molecule has 0 bridgehead atoms. The van der Waals surface area contributed by atoms with E-state index < -0.39 is 0 Å². The SMILES string of the molecule is CN=C(NCc1coc(-c2cccs2)n1)NCc1ccc(C)cc1OC(C)C.I. The van der Waals surface area contributed by atoms with Gasteiger partial charge in [0.1, 0.15) is 12.0 Å². The molecule has 6 nitrogen and oxygen atoms in total. The van der Waals surface area contributed by atoms with Gasteiger partial charge in [-0.25, -0.2) is 4.98 Å². The van der Waals surface area contributed by atoms with Gasteiger partial charge >= 0.3 is 0 Å². The molecular weight excluding hydrogens is 499 g/mol. The van der Waals surface area contributed by atoms with E-state index in [4.69, 9.17) is 9.15 Å². The lowest BCUT2D eigenvalue weighted by Crippen LogP contribution is -2.36. The first kappa shape index (κ1) is 23.2. The van der Waals surface area contributed by atoms with Gasteiger partial charge in [0.25, 0.3) is 0 Å². The van der Waals surface area contributed by atoms with Crippen LogP contribution in [0.25, 0.3) is 10.8 Å². The summed E-state index contributed by atoms with van der Waals surface area (Å²) in [5.74, 6) is 2.23. The first-order valence-electron chi connectivity index (χ1n) is 9.24. The average Bonchev–Trinajstić information content (AvgIpc) is 3.34. The van der Waals surface area contributed by atoms with Crippen molar-refractivity contribution in [3.63, 3.8) is 0 Å². The molecule has 0 aliphatic heterocycles. The fraction of sp³-hybridized carbons (Fsp3) is 0.333. The number of nitrogens with zero attached hydrogens (tertiary/aromatic N) is 2. The van der Waals surface area contributed by atoms with Gasteiger partial charge in [-0.2, -0.15) is 0 Å². The molecule has 2 heterocycles. The maximum Gasteiger partial charge on any atom is 0.236 e. The molecule has 0 aliphatic rings. The van der Waals surface area contributed by atoms with Crippen molar-refractivity contribution < 1.29 is 9.15 Å². The highest BCUT2D eigenvalue weighted by atomic mass is 127. The van der Waals surface area contributed by atoms with Crippen LogP contribution in [-0.2, 0) is 13.1 Å². The number of rotatable bonds is 7. The Morgan fingerprint density at radius 2 is 2.03 bits per heavy atom. The number of benzene rings is 1. The van der Waals surface area contributed by atoms with Crippen molar-refractivity contribution in [2.45, 2.75) is 40.0 Å². The summed E-state index contributed by atoms with van der Waals surface area (Å²) in [6, 6.07) is 10.2. The van der Waals surface area contributed by atoms with E-state index in [1.807, 2.05) is 31.4 Å². The molecule has 0 amide bonds. The summed E-state index contributed by atoms with van der Waals surface area (Å²) >= 11 is 1.61. The maximum atomic E-state index is 5.94. The number of aliphatic imine (C=N–C) groups is 1. The minimum absolute atomic E-state index is 0. The second-order valence-corrected chi connectivity index (χ2v) is 7.63. The van der Waals surface area contributed by atoms with Gasteiger partial charge in [-0.3, -0.25) is 4.99 Å². The summed E-state index contributed by atoms with van der Waals surface area (Å²) in [6.07, 6.45) is 1.80. The largest absolute Gasteiger partial charge is 0.491 e. The van der Waals surface area contributed by atoms with Crippen molar-refractivity contribution in [1.29, 1.82) is 0 Å². The van der Waals surface area contributed by atoms with Gasteiger partial charge in [-0.15, -0.1) is 35.3 Å². The quantitative estimate of drug-likeness (QED) is 0.258. The zero-order valence-electron chi connectivity index (χ0n) is 17.1. The molecule has 2 N–H and O–H groups in total. The van der Waals surface area contributed by atoms with Crippen molar-refractivity contribution in [2.75, 3.05) is 7.05 Å². The van der Waals surface area contributed by atoms with E-state index in [-0.39, 0.29) is 30.1 Å². The van der Waals surface area contributed by atoms with Crippen LogP contribution >= 0.6 is 35.3 Å². The molecule has 2 aromatic heterocycles. The number of halogens is 1. The standard InChI is InChI=1S/C21H26N4O2S.HI/c1-14(2)27-18-10-15(3)7-8-16(18)11-23-21(22-4)24-12-17-13-26-20(25-17)19-6-5-9-28-19;/h5-10,13-14H,11-12H2,1-4H3,(H2,22,23,24);1H. The summed E-state index contributed by atoms with van der Waals surface area (Å²) in [5, 5.41) is 8.60. The number of hydrogen-bond acceptors (Lipinski definition) is 5. The Hall–Kier alpha value is -2.07. The number of aromatic nitrogens is 1. The number of guanidine groups is 1. The van der Waals surface area contributed by atoms with Crippen LogP contribution in [0.5, 0.6) is 5.75 Å². The molecular formula is C21H27IN4O2S. The van der Waals surface area contributed by atoms with E-state index in [1.165, 1.54) is 5.56 Å². The third-order valence-corrected chi connectivity index (χ3v) is 4.83. The summed E-state index contributed by atoms with van der Waals surface area (Å²) < 4.78 is 11.5. The third kappa shape index (κ3) is 6.74. The fourth-order valence-corrected chi connectivity index (χ4v) is 3.30. The van der Waals surface area contributed by atoms with E-state index in [0.29, 0.717) is 24.9 Å². The Kier molecular flexibility index (Phi) is 8.97. The summed E-state index contributed by atoms with van der Waals surface area (Å²) in [7, 11) is 1.75. The normalized spacial score (nSPS) is 11.3. The van der Waals surface area contributed by atoms with E-state index in [0.717, 1.165) is 21.9 Å². The molecule has 0 aliphatic carbocycles. The Bertz CT molecular complexity index is 923. The Balaban J connectivity index is 0.00000300. The van der Waals surface area contributed by atoms with Crippen molar-refractivity contribution in [3.8, 4) is 16.5 Å². The maximum absolute atomic E-state index is 5.94. The average molecular weight is 526 g/mol. The summed E-state index contributed by atoms with van der Waals surface area (Å²) in [6.45, 7) is 7.26. The van der Waals surface area contributed by atoms with Crippen molar-refractivity contribution in [2.24, 2.45) is 4.99 Å². The van der Waals surface area contributed by atoms with Crippen LogP contribution in [0.1, 0.15) is 30.7 Å². The number of hydrogen-bond donors (Lipinski definition) is 2. The van der Waals surface area contributed by atoms with Crippen LogP contribution in [0.15, 0.2) is 51.4 Å². The summed E-state index contributed by atoms with van der Waals surface area (Å²) in [4.78, 5) is 9.81. The number of thiophene rings is 1. The number of ether oxygens (including phenoxy) is 1. The van der Waals surface area contributed by atoms with Gasteiger partial charge in [0.15, 0.2) is 5.96 Å². The molecule has 0 unspecified atom stereocenters. The highest BCUT2D eigenvalue weighted by Crippen LogP contribution is 2.24. The smallest absolute Gasteiger partial charge is 0.236 e. The topological polar surface area (TPSA) is 71.7 Å². The highest BCUT2D eigenvalue weighted by molar-refractivity contribution is 14.0. The van der Waals surface area contributed by atoms with Crippen LogP contribution in [-0.4, -0.2) is 24.1 Å². The highest BCUT2D eigenvalue weighted by Gasteiger charge is 2.10. The molecule has 3 aromatic rings. The van der Waals surface area contributed by atoms with Gasteiger partial charge in [0.2, 0.25) is 5.89 Å². The number of oxazole rings is 1. The fourth-order valence-electron chi connectivity index (χ4n) is 2.65. The molecule has 3 rings (SSSR count). The molecule has 8 heteroatoms. The molecule has 0 fully saturated rings. The third-order valence-electron chi connectivity index (χ3n) is 3.98. The zero-order valence-corrected chi connectivity index (χ0v) is 20.2. The molecule has 29 heavy (non-hydrogen) atoms. The molecule has 0 radical (unpaired) electrons. The van der Waals surface area contributed by atoms with E-state index >= 15 is 0 Å². The minimum Gasteiger partial charge on any atom is -0.491 e. The Morgan fingerprint density at radius 3 is 2.72 bits per heavy atom. The molecule has 156 valence electrons. The lowest BCUT2D eigenvalue weighted by Gasteiger charge is -2.17. The van der Waals surface area contributed by atoms with Crippen molar-refractivity contribution in [1.82, 2.24) is 15.6 Å². The zero-order chi connectivity index (χ0) is 19.9. The lowest BCUT2D eigenvalue weighted by molar-refractivity contribution is 0.239. The monoisotopic (exact) mass is 526 g/mol. The van der Waals surface area contributed by atoms with Crippen molar-refractivity contribution >= 4 is 41.3 Å². The lowest BCUT2D eigenvalue weighted by atomic mass is 10.1. The first-order valence-corrected chi connectivity index (χ1v) is 10.1. The predicted molar refractivity (Wildman–Crippen MR) is 129 cm³/mol. The van der Waals surface area contributed by atoms with Gasteiger partial charge in [0, 0.05) is 19.2 Å². The van der Waals surface area contributed by atoms with Crippen LogP contribution in [0.2, 0.25) is 0 Å². The molecule has 0 saturated heterocycles. The first-order chi connectivity index (χ1) is 13.5. The van der Waals surface area contributed by atoms with Crippen LogP contribution < -0.4 is 15.4 Å². The molecule has 0 atom stereocenters. The van der Waals surface area contributed by atoms with Crippen molar-refractivity contribution in [3.05, 3.63) is 58.8 Å². The number of aryl methyl sites for hydroxylation is 1. The van der Waals surface area contributed by atoms with E-state index in [1.54, 1.807) is 24.6 Å². The van der Waals surface area contributed by atoms with Crippen LogP contribution in [0.3, 0.4) is 0 Å². The van der Waals surface area contributed by atoms with Crippen LogP contribution in [0.4, 0.5) is 0 Å². The predicted octanol–water partition coefficient (Wildman–Crippen LogP) is 4.98. The van der Waals surface area contributed by atoms with Gasteiger partial charge in [-0.05, 0) is 43.8 Å². The second-order valence-electron chi connectivity index (χ2n) is 6.68. The number of nitrogens with one attached hydrogen (secondary N) is 2. The van der Waals surface area contributed by atoms with Crippen LogP contribution in [0, 0.1) is 6.92 Å². The molecule has 0 spiro atoms.